The van der Waals surface area contributed by atoms with Crippen molar-refractivity contribution in [3.63, 3.8) is 0 Å². The number of allylic oxidation sites excluding steroid dienone is 1. The second-order valence-corrected chi connectivity index (χ2v) is 1.98. The van der Waals surface area contributed by atoms with Gasteiger partial charge in [-0.2, -0.15) is 0 Å². The third kappa shape index (κ3) is 7.66. The van der Waals surface area contributed by atoms with Gasteiger partial charge in [-0.1, -0.05) is 25.8 Å². The molecule has 2 N–H and O–H groups in total. The molecule has 0 amide bonds. The Hall–Kier alpha value is -0.340. The summed E-state index contributed by atoms with van der Waals surface area (Å²) in [5, 5.41) is 16.6. The summed E-state index contributed by atoms with van der Waals surface area (Å²) in [6.07, 6.45) is 5.09. The van der Waals surface area contributed by atoms with Gasteiger partial charge in [0.25, 0.3) is 0 Å². The zero-order valence-corrected chi connectivity index (χ0v) is 5.75. The molecule has 0 aliphatic rings. The van der Waals surface area contributed by atoms with Crippen LogP contribution in [0.2, 0.25) is 0 Å². The fourth-order valence-electron chi connectivity index (χ4n) is 0.540. The molecule has 0 aromatic carbocycles. The van der Waals surface area contributed by atoms with Crippen LogP contribution < -0.4 is 0 Å². The topological polar surface area (TPSA) is 40.5 Å². The molecule has 0 atom stereocenters. The van der Waals surface area contributed by atoms with Gasteiger partial charge in [0.15, 0.2) is 6.29 Å². The van der Waals surface area contributed by atoms with Crippen LogP contribution in [-0.2, 0) is 0 Å². The van der Waals surface area contributed by atoms with Gasteiger partial charge in [0.1, 0.15) is 0 Å². The molecular weight excluding hydrogens is 116 g/mol. The van der Waals surface area contributed by atoms with Crippen LogP contribution in [0.3, 0.4) is 0 Å². The van der Waals surface area contributed by atoms with E-state index in [0.29, 0.717) is 0 Å². The molecule has 0 heterocycles. The van der Waals surface area contributed by atoms with Crippen molar-refractivity contribution in [2.75, 3.05) is 0 Å². The Morgan fingerprint density at radius 2 is 2.11 bits per heavy atom. The molecule has 0 bridgehead atoms. The maximum Gasteiger partial charge on any atom is 0.171 e. The molecule has 0 fully saturated rings. The average Bonchev–Trinajstić information content (AvgIpc) is 1.80. The number of hydrogen-bond donors (Lipinski definition) is 2. The van der Waals surface area contributed by atoms with E-state index in [1.807, 2.05) is 0 Å². The maximum atomic E-state index is 8.32. The highest BCUT2D eigenvalue weighted by atomic mass is 16.5. The predicted molar refractivity (Wildman–Crippen MR) is 36.9 cm³/mol. The van der Waals surface area contributed by atoms with E-state index < -0.39 is 6.29 Å². The van der Waals surface area contributed by atoms with Gasteiger partial charge in [-0.3, -0.25) is 0 Å². The summed E-state index contributed by atoms with van der Waals surface area (Å²) in [5.74, 6) is 0. The Kier molecular flexibility index (Phi) is 5.57. The van der Waals surface area contributed by atoms with Crippen LogP contribution in [0.1, 0.15) is 26.2 Å². The normalized spacial score (nSPS) is 11.6. The van der Waals surface area contributed by atoms with Gasteiger partial charge in [0.2, 0.25) is 0 Å². The minimum Gasteiger partial charge on any atom is -0.365 e. The van der Waals surface area contributed by atoms with Crippen LogP contribution in [-0.4, -0.2) is 16.5 Å². The Balaban J connectivity index is 3.04. The van der Waals surface area contributed by atoms with Crippen LogP contribution in [0, 0.1) is 0 Å². The standard InChI is InChI=1S/C7H14O2/c1-2-3-4-5-6-7(8)9/h5-9H,2-4H2,1H3/b6-5+. The van der Waals surface area contributed by atoms with Crippen LogP contribution >= 0.6 is 0 Å². The van der Waals surface area contributed by atoms with E-state index >= 15 is 0 Å². The Bertz CT molecular complexity index is 77.0. The van der Waals surface area contributed by atoms with Gasteiger partial charge < -0.3 is 10.2 Å². The molecular formula is C7H14O2. The van der Waals surface area contributed by atoms with Crippen LogP contribution in [0.5, 0.6) is 0 Å². The van der Waals surface area contributed by atoms with Crippen LogP contribution in [0.4, 0.5) is 0 Å². The predicted octanol–water partition coefficient (Wildman–Crippen LogP) is 1.04. The first-order valence-electron chi connectivity index (χ1n) is 3.30. The Labute approximate surface area is 55.8 Å². The second kappa shape index (κ2) is 5.79. The highest BCUT2D eigenvalue weighted by Gasteiger charge is 1.84. The van der Waals surface area contributed by atoms with Gasteiger partial charge in [-0.15, -0.1) is 0 Å². The molecule has 0 saturated carbocycles. The first kappa shape index (κ1) is 8.66. The van der Waals surface area contributed by atoms with Gasteiger partial charge in [0.05, 0.1) is 0 Å². The molecule has 0 spiro atoms. The monoisotopic (exact) mass is 130 g/mol. The van der Waals surface area contributed by atoms with E-state index in [9.17, 15) is 0 Å². The van der Waals surface area contributed by atoms with E-state index in [2.05, 4.69) is 6.92 Å². The van der Waals surface area contributed by atoms with Crippen molar-refractivity contribution in [1.29, 1.82) is 0 Å². The molecule has 0 unspecified atom stereocenters. The third-order valence-electron chi connectivity index (χ3n) is 1.03. The van der Waals surface area contributed by atoms with Gasteiger partial charge in [0, 0.05) is 0 Å². The second-order valence-electron chi connectivity index (χ2n) is 1.98. The summed E-state index contributed by atoms with van der Waals surface area (Å²) in [7, 11) is 0. The number of aliphatic hydroxyl groups is 2. The SMILES string of the molecule is CCCC/C=C/C(O)O. The van der Waals surface area contributed by atoms with E-state index in [0.717, 1.165) is 19.3 Å². The van der Waals surface area contributed by atoms with Crippen LogP contribution in [0.15, 0.2) is 12.2 Å². The highest BCUT2D eigenvalue weighted by molar-refractivity contribution is 4.82. The lowest BCUT2D eigenvalue weighted by atomic mass is 10.2. The Morgan fingerprint density at radius 1 is 1.44 bits per heavy atom. The number of hydrogen-bond acceptors (Lipinski definition) is 2. The molecule has 54 valence electrons. The maximum absolute atomic E-state index is 8.32. The number of rotatable bonds is 4. The highest BCUT2D eigenvalue weighted by Crippen LogP contribution is 1.94. The van der Waals surface area contributed by atoms with Crippen LogP contribution in [0.25, 0.3) is 0 Å². The van der Waals surface area contributed by atoms with E-state index in [1.54, 1.807) is 6.08 Å². The van der Waals surface area contributed by atoms with Crippen molar-refractivity contribution in [2.45, 2.75) is 32.5 Å². The van der Waals surface area contributed by atoms with Gasteiger partial charge in [-0.05, 0) is 12.5 Å². The molecule has 0 aliphatic heterocycles. The lowest BCUT2D eigenvalue weighted by molar-refractivity contribution is 0.00216. The van der Waals surface area contributed by atoms with E-state index in [4.69, 9.17) is 10.2 Å². The summed E-state index contributed by atoms with van der Waals surface area (Å²) in [6.45, 7) is 2.10. The lowest BCUT2D eigenvalue weighted by Gasteiger charge is -1.91. The van der Waals surface area contributed by atoms with Gasteiger partial charge >= 0.3 is 0 Å². The first-order chi connectivity index (χ1) is 4.27. The summed E-state index contributed by atoms with van der Waals surface area (Å²) in [5.41, 5.74) is 0. The summed E-state index contributed by atoms with van der Waals surface area (Å²) in [6, 6.07) is 0. The molecule has 2 nitrogen and oxygen atoms in total. The van der Waals surface area contributed by atoms with Crippen molar-refractivity contribution in [3.8, 4) is 0 Å². The smallest absolute Gasteiger partial charge is 0.171 e. The fraction of sp³-hybridized carbons (Fsp3) is 0.714. The third-order valence-corrected chi connectivity index (χ3v) is 1.03. The van der Waals surface area contributed by atoms with Gasteiger partial charge in [-0.25, -0.2) is 0 Å². The largest absolute Gasteiger partial charge is 0.365 e. The Morgan fingerprint density at radius 3 is 2.56 bits per heavy atom. The zero-order valence-electron chi connectivity index (χ0n) is 5.75. The van der Waals surface area contributed by atoms with Crippen molar-refractivity contribution >= 4 is 0 Å². The van der Waals surface area contributed by atoms with E-state index in [1.165, 1.54) is 6.08 Å². The number of unbranched alkanes of at least 4 members (excludes halogenated alkanes) is 2. The first-order valence-corrected chi connectivity index (χ1v) is 3.30. The fourth-order valence-corrected chi connectivity index (χ4v) is 0.540. The molecule has 0 rings (SSSR count). The summed E-state index contributed by atoms with van der Waals surface area (Å²) in [4.78, 5) is 0. The van der Waals surface area contributed by atoms with E-state index in [-0.39, 0.29) is 0 Å². The van der Waals surface area contributed by atoms with Crippen molar-refractivity contribution in [1.82, 2.24) is 0 Å². The average molecular weight is 130 g/mol. The summed E-state index contributed by atoms with van der Waals surface area (Å²) < 4.78 is 0. The molecule has 0 aromatic heterocycles. The zero-order chi connectivity index (χ0) is 7.11. The van der Waals surface area contributed by atoms with Crippen molar-refractivity contribution in [2.24, 2.45) is 0 Å². The molecule has 2 heteroatoms. The lowest BCUT2D eigenvalue weighted by Crippen LogP contribution is -1.96. The minimum absolute atomic E-state index is 0.939. The minimum atomic E-state index is -1.28. The van der Waals surface area contributed by atoms with Crippen molar-refractivity contribution < 1.29 is 10.2 Å². The molecule has 9 heavy (non-hydrogen) atoms. The number of aliphatic hydroxyl groups excluding tert-OH is 1. The molecule has 0 aliphatic carbocycles. The molecule has 0 aromatic rings. The van der Waals surface area contributed by atoms with Crippen molar-refractivity contribution in [3.05, 3.63) is 12.2 Å². The molecule has 0 saturated heterocycles. The quantitative estimate of drug-likeness (QED) is 0.339. The summed E-state index contributed by atoms with van der Waals surface area (Å²) >= 11 is 0. The molecule has 0 radical (unpaired) electrons.